The van der Waals surface area contributed by atoms with Crippen LogP contribution >= 0.6 is 15.9 Å². The van der Waals surface area contributed by atoms with E-state index in [1.807, 2.05) is 0 Å². The van der Waals surface area contributed by atoms with Gasteiger partial charge in [0, 0.05) is 5.33 Å². The summed E-state index contributed by atoms with van der Waals surface area (Å²) in [5.41, 5.74) is 0. The Hall–Kier alpha value is 0.577. The van der Waals surface area contributed by atoms with Crippen LogP contribution in [0.4, 0.5) is 0 Å². The largest absolute Gasteiger partial charge is 0.327 e. The molecule has 50 valence electrons. The van der Waals surface area contributed by atoms with Gasteiger partial charge in [0.05, 0.1) is 0 Å². The zero-order valence-electron chi connectivity index (χ0n) is 4.73. The molecule has 0 rings (SSSR count). The van der Waals surface area contributed by atoms with Crippen molar-refractivity contribution in [2.75, 3.05) is 5.33 Å². The molecular formula is C3H12BrN3Si. The van der Waals surface area contributed by atoms with Gasteiger partial charge in [0.25, 0.3) is 8.56 Å². The van der Waals surface area contributed by atoms with Gasteiger partial charge in [0.1, 0.15) is 0 Å². The van der Waals surface area contributed by atoms with Crippen molar-refractivity contribution in [1.29, 1.82) is 0 Å². The molecule has 0 aromatic rings. The lowest BCUT2D eigenvalue weighted by molar-refractivity contribution is 1.04. The van der Waals surface area contributed by atoms with Crippen molar-refractivity contribution < 1.29 is 0 Å². The van der Waals surface area contributed by atoms with E-state index in [9.17, 15) is 0 Å². The van der Waals surface area contributed by atoms with Crippen LogP contribution in [0.25, 0.3) is 0 Å². The van der Waals surface area contributed by atoms with E-state index in [0.29, 0.717) is 0 Å². The molecule has 0 radical (unpaired) electrons. The fourth-order valence-electron chi connectivity index (χ4n) is 0.373. The summed E-state index contributed by atoms with van der Waals surface area (Å²) in [6, 6.07) is 0.790. The minimum Gasteiger partial charge on any atom is -0.327 e. The molecule has 0 aliphatic rings. The van der Waals surface area contributed by atoms with Crippen LogP contribution in [-0.2, 0) is 0 Å². The molecular weight excluding hydrogens is 186 g/mol. The maximum absolute atomic E-state index is 5.40. The second-order valence-corrected chi connectivity index (χ2v) is 5.42. The summed E-state index contributed by atoms with van der Waals surface area (Å²) in [6.45, 7) is 0. The van der Waals surface area contributed by atoms with Crippen molar-refractivity contribution in [2.45, 2.75) is 12.5 Å². The van der Waals surface area contributed by atoms with E-state index in [4.69, 9.17) is 16.2 Å². The first-order valence-electron chi connectivity index (χ1n) is 2.49. The number of halogens is 1. The third kappa shape index (κ3) is 6.58. The van der Waals surface area contributed by atoms with E-state index in [-0.39, 0.29) is 0 Å². The van der Waals surface area contributed by atoms with Gasteiger partial charge in [0.2, 0.25) is 0 Å². The monoisotopic (exact) mass is 197 g/mol. The molecule has 0 atom stereocenters. The number of rotatable bonds is 3. The number of nitrogens with two attached hydrogens (primary N) is 3. The Morgan fingerprint density at radius 2 is 1.75 bits per heavy atom. The van der Waals surface area contributed by atoms with Gasteiger partial charge in [-0.1, -0.05) is 15.9 Å². The Balaban J connectivity index is 3.11. The highest BCUT2D eigenvalue weighted by molar-refractivity contribution is 9.09. The summed E-state index contributed by atoms with van der Waals surface area (Å²) in [5, 5.41) is 17.1. The fourth-order valence-corrected chi connectivity index (χ4v) is 1.96. The maximum Gasteiger partial charge on any atom is 0.273 e. The summed E-state index contributed by atoms with van der Waals surface area (Å²) in [4.78, 5) is 0. The van der Waals surface area contributed by atoms with E-state index in [2.05, 4.69) is 15.9 Å². The number of hydrogen-bond acceptors (Lipinski definition) is 3. The van der Waals surface area contributed by atoms with Gasteiger partial charge in [-0.25, -0.2) is 0 Å². The van der Waals surface area contributed by atoms with E-state index in [1.54, 1.807) is 0 Å². The van der Waals surface area contributed by atoms with E-state index in [0.717, 1.165) is 17.8 Å². The molecule has 0 bridgehead atoms. The predicted octanol–water partition coefficient (Wildman–Crippen LogP) is -0.414. The first kappa shape index (κ1) is 8.58. The Morgan fingerprint density at radius 1 is 1.25 bits per heavy atom. The van der Waals surface area contributed by atoms with Gasteiger partial charge in [-0.2, -0.15) is 0 Å². The van der Waals surface area contributed by atoms with Crippen molar-refractivity contribution in [1.82, 2.24) is 0 Å². The molecule has 0 aromatic carbocycles. The number of hydrogen-bond donors (Lipinski definition) is 3. The fraction of sp³-hybridized carbons (Fsp3) is 1.00. The van der Waals surface area contributed by atoms with Crippen molar-refractivity contribution in [2.24, 2.45) is 16.2 Å². The summed E-state index contributed by atoms with van der Waals surface area (Å²) < 4.78 is 0. The average Bonchev–Trinajstić information content (AvgIpc) is 1.59. The molecule has 0 amide bonds. The molecule has 0 spiro atoms. The lowest BCUT2D eigenvalue weighted by atomic mass is 10.6. The molecule has 8 heavy (non-hydrogen) atoms. The van der Waals surface area contributed by atoms with Gasteiger partial charge >= 0.3 is 0 Å². The van der Waals surface area contributed by atoms with Crippen LogP contribution in [0.1, 0.15) is 6.42 Å². The minimum absolute atomic E-state index is 0.790. The maximum atomic E-state index is 5.40. The first-order chi connectivity index (χ1) is 3.56. The SMILES string of the molecule is N[Si](N)(N)CCCBr. The van der Waals surface area contributed by atoms with Gasteiger partial charge in [-0.05, 0) is 12.5 Å². The lowest BCUT2D eigenvalue weighted by Gasteiger charge is -2.11. The van der Waals surface area contributed by atoms with Crippen molar-refractivity contribution >= 4 is 24.5 Å². The summed E-state index contributed by atoms with van der Waals surface area (Å²) in [5.74, 6) is 0. The lowest BCUT2D eigenvalue weighted by Crippen LogP contribution is -2.64. The minimum atomic E-state index is -2.21. The van der Waals surface area contributed by atoms with Gasteiger partial charge < -0.3 is 16.2 Å². The zero-order chi connectivity index (χ0) is 6.62. The molecule has 0 fully saturated rings. The molecule has 0 aliphatic heterocycles. The molecule has 5 heteroatoms. The third-order valence-corrected chi connectivity index (χ3v) is 2.52. The molecule has 0 saturated heterocycles. The second-order valence-electron chi connectivity index (χ2n) is 1.90. The Kier molecular flexibility index (Phi) is 3.83. The van der Waals surface area contributed by atoms with Crippen molar-refractivity contribution in [3.63, 3.8) is 0 Å². The molecule has 6 N–H and O–H groups in total. The van der Waals surface area contributed by atoms with Gasteiger partial charge in [-0.15, -0.1) is 0 Å². The van der Waals surface area contributed by atoms with Crippen LogP contribution in [0.5, 0.6) is 0 Å². The van der Waals surface area contributed by atoms with E-state index >= 15 is 0 Å². The Morgan fingerprint density at radius 3 is 1.88 bits per heavy atom. The molecule has 0 aromatic heterocycles. The van der Waals surface area contributed by atoms with Crippen molar-refractivity contribution in [3.05, 3.63) is 0 Å². The first-order valence-corrected chi connectivity index (χ1v) is 6.05. The highest BCUT2D eigenvalue weighted by Gasteiger charge is 2.14. The summed E-state index contributed by atoms with van der Waals surface area (Å²) in [7, 11) is -2.21. The quantitative estimate of drug-likeness (QED) is 0.426. The normalized spacial score (nSPS) is 12.0. The third-order valence-electron chi connectivity index (χ3n) is 0.743. The highest BCUT2D eigenvalue weighted by Crippen LogP contribution is 1.96. The molecule has 0 unspecified atom stereocenters. The van der Waals surface area contributed by atoms with E-state index < -0.39 is 8.56 Å². The summed E-state index contributed by atoms with van der Waals surface area (Å²) in [6.07, 6.45) is 0.982. The van der Waals surface area contributed by atoms with Gasteiger partial charge in [0.15, 0.2) is 0 Å². The van der Waals surface area contributed by atoms with Crippen LogP contribution in [0, 0.1) is 0 Å². The molecule has 0 aliphatic carbocycles. The van der Waals surface area contributed by atoms with Crippen LogP contribution in [0.3, 0.4) is 0 Å². The second kappa shape index (κ2) is 3.57. The van der Waals surface area contributed by atoms with Crippen LogP contribution in [0.2, 0.25) is 6.04 Å². The Labute approximate surface area is 59.0 Å². The zero-order valence-corrected chi connectivity index (χ0v) is 7.32. The topological polar surface area (TPSA) is 78.1 Å². The van der Waals surface area contributed by atoms with Crippen LogP contribution < -0.4 is 16.2 Å². The highest BCUT2D eigenvalue weighted by atomic mass is 79.9. The molecule has 3 nitrogen and oxygen atoms in total. The van der Waals surface area contributed by atoms with Gasteiger partial charge in [-0.3, -0.25) is 0 Å². The Bertz CT molecular complexity index is 62.0. The smallest absolute Gasteiger partial charge is 0.273 e. The van der Waals surface area contributed by atoms with Crippen LogP contribution in [0.15, 0.2) is 0 Å². The number of alkyl halides is 1. The van der Waals surface area contributed by atoms with Crippen molar-refractivity contribution in [3.8, 4) is 0 Å². The molecule has 0 heterocycles. The predicted molar refractivity (Wildman–Crippen MR) is 41.5 cm³/mol. The standard InChI is InChI=1S/C3H12BrN3Si/c4-2-1-3-8(5,6)7/h1-3,5-7H2. The van der Waals surface area contributed by atoms with Crippen LogP contribution in [-0.4, -0.2) is 13.9 Å². The average molecular weight is 198 g/mol. The summed E-state index contributed by atoms with van der Waals surface area (Å²) >= 11 is 3.26. The molecule has 0 saturated carbocycles. The van der Waals surface area contributed by atoms with E-state index in [1.165, 1.54) is 0 Å².